The zero-order valence-corrected chi connectivity index (χ0v) is 11.4. The number of benzene rings is 1. The Morgan fingerprint density at radius 1 is 1.19 bits per heavy atom. The van der Waals surface area contributed by atoms with E-state index in [0.29, 0.717) is 18.8 Å². The maximum atomic E-state index is 12.4. The number of halogens is 3. The van der Waals surface area contributed by atoms with Crippen LogP contribution in [0.1, 0.15) is 0 Å². The molecule has 6 nitrogen and oxygen atoms in total. The highest BCUT2D eigenvalue weighted by Crippen LogP contribution is 2.30. The molecular weight excluding hydrogens is 309 g/mol. The summed E-state index contributed by atoms with van der Waals surface area (Å²) < 4.78 is 61.0. The van der Waals surface area contributed by atoms with Crippen molar-refractivity contribution in [3.05, 3.63) is 36.7 Å². The van der Waals surface area contributed by atoms with E-state index in [1.165, 1.54) is 18.3 Å². The standard InChI is InChI=1S/C11H11F3N4O2S/c12-11(13,14)21(19,20)10-3-1-9(2-4-10)15-5-7-18-8-6-16-17-18/h1-4,6,8,15H,5,7H2. The Balaban J connectivity index is 1.99. The summed E-state index contributed by atoms with van der Waals surface area (Å²) in [5.74, 6) is 0. The summed E-state index contributed by atoms with van der Waals surface area (Å²) in [7, 11) is -5.30. The van der Waals surface area contributed by atoms with Gasteiger partial charge in [-0.15, -0.1) is 5.10 Å². The van der Waals surface area contributed by atoms with Crippen molar-refractivity contribution in [3.8, 4) is 0 Å². The first-order chi connectivity index (χ1) is 9.80. The van der Waals surface area contributed by atoms with Gasteiger partial charge in [-0.05, 0) is 24.3 Å². The van der Waals surface area contributed by atoms with Crippen molar-refractivity contribution >= 4 is 15.5 Å². The molecule has 0 aliphatic heterocycles. The fourth-order valence-corrected chi connectivity index (χ4v) is 2.31. The van der Waals surface area contributed by atoms with Gasteiger partial charge in [0.2, 0.25) is 0 Å². The van der Waals surface area contributed by atoms with Crippen LogP contribution in [0.2, 0.25) is 0 Å². The highest BCUT2D eigenvalue weighted by molar-refractivity contribution is 7.92. The van der Waals surface area contributed by atoms with Gasteiger partial charge in [-0.3, -0.25) is 4.68 Å². The minimum absolute atomic E-state index is 0.467. The van der Waals surface area contributed by atoms with Gasteiger partial charge in [0.1, 0.15) is 0 Å². The van der Waals surface area contributed by atoms with E-state index in [1.807, 2.05) is 0 Å². The number of alkyl halides is 3. The van der Waals surface area contributed by atoms with Crippen LogP contribution in [0.25, 0.3) is 0 Å². The van der Waals surface area contributed by atoms with Gasteiger partial charge in [-0.2, -0.15) is 13.2 Å². The zero-order chi connectivity index (χ0) is 15.5. The lowest BCUT2D eigenvalue weighted by molar-refractivity contribution is -0.0436. The minimum atomic E-state index is -5.30. The van der Waals surface area contributed by atoms with Gasteiger partial charge in [0.25, 0.3) is 9.84 Å². The summed E-state index contributed by atoms with van der Waals surface area (Å²) in [6, 6.07) is 4.39. The van der Waals surface area contributed by atoms with Crippen LogP contribution in [-0.4, -0.2) is 35.5 Å². The quantitative estimate of drug-likeness (QED) is 0.907. The molecule has 0 spiro atoms. The van der Waals surface area contributed by atoms with Gasteiger partial charge in [0, 0.05) is 18.4 Å². The second-order valence-corrected chi connectivity index (χ2v) is 6.01. The average Bonchev–Trinajstić information content (AvgIpc) is 2.91. The number of nitrogens with one attached hydrogen (secondary N) is 1. The molecule has 0 saturated heterocycles. The molecular formula is C11H11F3N4O2S. The second kappa shape index (κ2) is 5.72. The Bertz CT molecular complexity index is 681. The maximum absolute atomic E-state index is 12.4. The van der Waals surface area contributed by atoms with Gasteiger partial charge in [0.15, 0.2) is 0 Å². The number of rotatable bonds is 5. The molecule has 0 radical (unpaired) electrons. The molecule has 0 bridgehead atoms. The fraction of sp³-hybridized carbons (Fsp3) is 0.273. The summed E-state index contributed by atoms with van der Waals surface area (Å²) in [5.41, 5.74) is -4.79. The molecule has 10 heteroatoms. The third-order valence-electron chi connectivity index (χ3n) is 2.61. The van der Waals surface area contributed by atoms with Crippen molar-refractivity contribution in [1.82, 2.24) is 15.0 Å². The highest BCUT2D eigenvalue weighted by Gasteiger charge is 2.46. The Hall–Kier alpha value is -2.10. The lowest BCUT2D eigenvalue weighted by Crippen LogP contribution is -2.23. The molecule has 21 heavy (non-hydrogen) atoms. The molecule has 2 rings (SSSR count). The Kier molecular flexibility index (Phi) is 4.16. The minimum Gasteiger partial charge on any atom is -0.383 e. The van der Waals surface area contributed by atoms with Crippen LogP contribution in [0.3, 0.4) is 0 Å². The normalized spacial score (nSPS) is 12.3. The van der Waals surface area contributed by atoms with Crippen LogP contribution in [0.15, 0.2) is 41.6 Å². The van der Waals surface area contributed by atoms with Crippen LogP contribution >= 0.6 is 0 Å². The molecule has 0 unspecified atom stereocenters. The summed E-state index contributed by atoms with van der Waals surface area (Å²) in [5, 5.41) is 10.3. The first-order valence-electron chi connectivity index (χ1n) is 5.80. The van der Waals surface area contributed by atoms with Gasteiger partial charge < -0.3 is 5.32 Å². The highest BCUT2D eigenvalue weighted by atomic mass is 32.2. The number of hydrogen-bond donors (Lipinski definition) is 1. The predicted octanol–water partition coefficient (Wildman–Crippen LogP) is 1.68. The molecule has 0 aliphatic rings. The van der Waals surface area contributed by atoms with Gasteiger partial charge in [-0.25, -0.2) is 8.42 Å². The van der Waals surface area contributed by atoms with Crippen molar-refractivity contribution in [2.45, 2.75) is 16.9 Å². The van der Waals surface area contributed by atoms with Crippen molar-refractivity contribution < 1.29 is 21.6 Å². The molecule has 0 aliphatic carbocycles. The predicted molar refractivity (Wildman–Crippen MR) is 68.2 cm³/mol. The lowest BCUT2D eigenvalue weighted by atomic mass is 10.3. The van der Waals surface area contributed by atoms with Crippen molar-refractivity contribution in [2.75, 3.05) is 11.9 Å². The summed E-state index contributed by atoms with van der Waals surface area (Å²) in [6.07, 6.45) is 3.19. The van der Waals surface area contributed by atoms with E-state index >= 15 is 0 Å². The lowest BCUT2D eigenvalue weighted by Gasteiger charge is -2.10. The molecule has 0 amide bonds. The van der Waals surface area contributed by atoms with E-state index in [1.54, 1.807) is 10.9 Å². The van der Waals surface area contributed by atoms with Gasteiger partial charge >= 0.3 is 5.51 Å². The SMILES string of the molecule is O=S(=O)(c1ccc(NCCn2ccnn2)cc1)C(F)(F)F. The Labute approximate surface area is 118 Å². The molecule has 114 valence electrons. The average molecular weight is 320 g/mol. The Morgan fingerprint density at radius 2 is 1.86 bits per heavy atom. The van der Waals surface area contributed by atoms with E-state index in [-0.39, 0.29) is 0 Å². The number of hydrogen-bond acceptors (Lipinski definition) is 5. The maximum Gasteiger partial charge on any atom is 0.501 e. The first-order valence-corrected chi connectivity index (χ1v) is 7.28. The molecule has 1 aromatic heterocycles. The number of anilines is 1. The van der Waals surface area contributed by atoms with Crippen molar-refractivity contribution in [2.24, 2.45) is 0 Å². The smallest absolute Gasteiger partial charge is 0.383 e. The second-order valence-electron chi connectivity index (χ2n) is 4.07. The third kappa shape index (κ3) is 3.51. The monoisotopic (exact) mass is 320 g/mol. The van der Waals surface area contributed by atoms with Crippen LogP contribution in [0, 0.1) is 0 Å². The van der Waals surface area contributed by atoms with E-state index < -0.39 is 20.2 Å². The molecule has 0 atom stereocenters. The van der Waals surface area contributed by atoms with Crippen LogP contribution in [-0.2, 0) is 16.4 Å². The molecule has 0 saturated carbocycles. The number of nitrogens with zero attached hydrogens (tertiary/aromatic N) is 3. The van der Waals surface area contributed by atoms with Crippen LogP contribution in [0.5, 0.6) is 0 Å². The topological polar surface area (TPSA) is 76.9 Å². The van der Waals surface area contributed by atoms with Gasteiger partial charge in [0.05, 0.1) is 17.6 Å². The third-order valence-corrected chi connectivity index (χ3v) is 4.11. The van der Waals surface area contributed by atoms with Crippen LogP contribution < -0.4 is 5.32 Å². The molecule has 1 N–H and O–H groups in total. The van der Waals surface area contributed by atoms with E-state index in [4.69, 9.17) is 0 Å². The first kappa shape index (κ1) is 15.3. The van der Waals surface area contributed by atoms with Crippen LogP contribution in [0.4, 0.5) is 18.9 Å². The van der Waals surface area contributed by atoms with Crippen molar-refractivity contribution in [3.63, 3.8) is 0 Å². The van der Waals surface area contributed by atoms with Crippen molar-refractivity contribution in [1.29, 1.82) is 0 Å². The van der Waals surface area contributed by atoms with E-state index in [9.17, 15) is 21.6 Å². The molecule has 0 fully saturated rings. The molecule has 1 heterocycles. The Morgan fingerprint density at radius 3 is 2.38 bits per heavy atom. The molecule has 2 aromatic rings. The zero-order valence-electron chi connectivity index (χ0n) is 10.6. The molecule has 1 aromatic carbocycles. The summed E-state index contributed by atoms with van der Waals surface area (Å²) in [4.78, 5) is -0.781. The summed E-state index contributed by atoms with van der Waals surface area (Å²) >= 11 is 0. The van der Waals surface area contributed by atoms with E-state index in [2.05, 4.69) is 15.6 Å². The summed E-state index contributed by atoms with van der Waals surface area (Å²) in [6.45, 7) is 0.983. The fourth-order valence-electron chi connectivity index (χ4n) is 1.55. The van der Waals surface area contributed by atoms with Gasteiger partial charge in [-0.1, -0.05) is 5.21 Å². The largest absolute Gasteiger partial charge is 0.501 e. The van der Waals surface area contributed by atoms with E-state index in [0.717, 1.165) is 12.1 Å². The number of aromatic nitrogens is 3. The number of sulfone groups is 1.